The molecular weight excluding hydrogens is 190 g/mol. The van der Waals surface area contributed by atoms with E-state index in [4.69, 9.17) is 9.15 Å². The minimum absolute atomic E-state index is 0.366. The summed E-state index contributed by atoms with van der Waals surface area (Å²) in [5.41, 5.74) is 0. The maximum Gasteiger partial charge on any atom is 0.129 e. The van der Waals surface area contributed by atoms with Crippen LogP contribution < -0.4 is 5.32 Å². The molecule has 0 aliphatic heterocycles. The van der Waals surface area contributed by atoms with Gasteiger partial charge in [0.2, 0.25) is 0 Å². The van der Waals surface area contributed by atoms with E-state index in [1.807, 2.05) is 13.1 Å². The quantitative estimate of drug-likeness (QED) is 0.808. The molecule has 1 N–H and O–H groups in total. The second-order valence-corrected chi connectivity index (χ2v) is 4.38. The van der Waals surface area contributed by atoms with E-state index >= 15 is 0 Å². The van der Waals surface area contributed by atoms with Crippen molar-refractivity contribution in [2.45, 2.75) is 26.0 Å². The fraction of sp³-hybridized carbons (Fsp3) is 0.667. The molecule has 0 bridgehead atoms. The van der Waals surface area contributed by atoms with E-state index in [-0.39, 0.29) is 0 Å². The van der Waals surface area contributed by atoms with Gasteiger partial charge in [0.1, 0.15) is 18.1 Å². The molecule has 0 aromatic carbocycles. The van der Waals surface area contributed by atoms with Crippen molar-refractivity contribution in [2.75, 3.05) is 14.2 Å². The predicted molar refractivity (Wildman–Crippen MR) is 58.5 cm³/mol. The molecule has 3 nitrogen and oxygen atoms in total. The molecule has 0 saturated heterocycles. The predicted octanol–water partition coefficient (Wildman–Crippen LogP) is 2.34. The molecule has 1 aliphatic rings. The molecule has 84 valence electrons. The van der Waals surface area contributed by atoms with Crippen molar-refractivity contribution in [3.8, 4) is 0 Å². The Hall–Kier alpha value is -0.800. The largest absolute Gasteiger partial charge is 0.462 e. The zero-order valence-electron chi connectivity index (χ0n) is 9.62. The Balaban J connectivity index is 2.05. The standard InChI is InChI=1S/C12H19NO2/c1-8-6-10(8)12(13-2)11-5-4-9(15-11)7-14-3/h4-5,8,10,12-13H,6-7H2,1-3H3. The lowest BCUT2D eigenvalue weighted by Crippen LogP contribution is -2.18. The van der Waals surface area contributed by atoms with Gasteiger partial charge < -0.3 is 14.5 Å². The fourth-order valence-corrected chi connectivity index (χ4v) is 2.16. The van der Waals surface area contributed by atoms with Crippen LogP contribution in [0.3, 0.4) is 0 Å². The van der Waals surface area contributed by atoms with Crippen molar-refractivity contribution in [2.24, 2.45) is 11.8 Å². The first-order valence-corrected chi connectivity index (χ1v) is 5.51. The van der Waals surface area contributed by atoms with Crippen LogP contribution in [-0.4, -0.2) is 14.2 Å². The van der Waals surface area contributed by atoms with Gasteiger partial charge in [-0.3, -0.25) is 0 Å². The van der Waals surface area contributed by atoms with E-state index in [2.05, 4.69) is 18.3 Å². The van der Waals surface area contributed by atoms with Gasteiger partial charge in [-0.25, -0.2) is 0 Å². The highest BCUT2D eigenvalue weighted by Gasteiger charge is 2.40. The maximum atomic E-state index is 5.74. The lowest BCUT2D eigenvalue weighted by Gasteiger charge is -2.12. The summed E-state index contributed by atoms with van der Waals surface area (Å²) in [5.74, 6) is 3.50. The summed E-state index contributed by atoms with van der Waals surface area (Å²) >= 11 is 0. The fourth-order valence-electron chi connectivity index (χ4n) is 2.16. The Morgan fingerprint density at radius 3 is 2.87 bits per heavy atom. The summed E-state index contributed by atoms with van der Waals surface area (Å²) in [6, 6.07) is 4.42. The van der Waals surface area contributed by atoms with Gasteiger partial charge in [-0.2, -0.15) is 0 Å². The summed E-state index contributed by atoms with van der Waals surface area (Å²) < 4.78 is 10.8. The molecule has 1 aliphatic carbocycles. The molecule has 2 rings (SSSR count). The number of furan rings is 1. The minimum atomic E-state index is 0.366. The molecule has 0 amide bonds. The summed E-state index contributed by atoms with van der Waals surface area (Å²) in [5, 5.41) is 3.33. The van der Waals surface area contributed by atoms with Crippen LogP contribution in [0.25, 0.3) is 0 Å². The van der Waals surface area contributed by atoms with Gasteiger partial charge in [-0.15, -0.1) is 0 Å². The number of hydrogen-bond donors (Lipinski definition) is 1. The Bertz CT molecular complexity index is 321. The van der Waals surface area contributed by atoms with Crippen LogP contribution >= 0.6 is 0 Å². The SMILES string of the molecule is CNC(c1ccc(COC)o1)C1CC1C. The third-order valence-corrected chi connectivity index (χ3v) is 3.19. The monoisotopic (exact) mass is 209 g/mol. The maximum absolute atomic E-state index is 5.74. The van der Waals surface area contributed by atoms with Crippen LogP contribution in [0.5, 0.6) is 0 Å². The van der Waals surface area contributed by atoms with Crippen molar-refractivity contribution in [1.29, 1.82) is 0 Å². The van der Waals surface area contributed by atoms with E-state index in [9.17, 15) is 0 Å². The smallest absolute Gasteiger partial charge is 0.129 e. The van der Waals surface area contributed by atoms with Gasteiger partial charge in [0.15, 0.2) is 0 Å². The number of nitrogens with one attached hydrogen (secondary N) is 1. The van der Waals surface area contributed by atoms with Gasteiger partial charge in [0.05, 0.1) is 6.04 Å². The Morgan fingerprint density at radius 1 is 1.60 bits per heavy atom. The molecule has 1 heterocycles. The number of methoxy groups -OCH3 is 1. The van der Waals surface area contributed by atoms with Gasteiger partial charge in [0.25, 0.3) is 0 Å². The third kappa shape index (κ3) is 2.24. The van der Waals surface area contributed by atoms with E-state index < -0.39 is 0 Å². The van der Waals surface area contributed by atoms with Crippen LogP contribution in [0.2, 0.25) is 0 Å². The lowest BCUT2D eigenvalue weighted by molar-refractivity contribution is 0.161. The second-order valence-electron chi connectivity index (χ2n) is 4.38. The van der Waals surface area contributed by atoms with Gasteiger partial charge in [0, 0.05) is 7.11 Å². The first kappa shape index (κ1) is 10.7. The molecule has 0 radical (unpaired) electrons. The molecule has 0 spiro atoms. The van der Waals surface area contributed by atoms with Gasteiger partial charge in [-0.05, 0) is 37.4 Å². The summed E-state index contributed by atoms with van der Waals surface area (Å²) in [4.78, 5) is 0. The number of rotatable bonds is 5. The molecule has 15 heavy (non-hydrogen) atoms. The highest BCUT2D eigenvalue weighted by molar-refractivity contribution is 5.14. The molecule has 3 unspecified atom stereocenters. The van der Waals surface area contributed by atoms with Crippen LogP contribution in [0.1, 0.15) is 30.9 Å². The highest BCUT2D eigenvalue weighted by atomic mass is 16.5. The first-order chi connectivity index (χ1) is 7.26. The van der Waals surface area contributed by atoms with E-state index in [0.29, 0.717) is 12.6 Å². The zero-order valence-corrected chi connectivity index (χ0v) is 9.62. The van der Waals surface area contributed by atoms with Gasteiger partial charge in [-0.1, -0.05) is 6.92 Å². The second kappa shape index (κ2) is 4.37. The third-order valence-electron chi connectivity index (χ3n) is 3.19. The summed E-state index contributed by atoms with van der Waals surface area (Å²) in [6.07, 6.45) is 1.30. The molecule has 3 atom stereocenters. The van der Waals surface area contributed by atoms with Crippen molar-refractivity contribution in [3.05, 3.63) is 23.7 Å². The van der Waals surface area contributed by atoms with Crippen molar-refractivity contribution in [3.63, 3.8) is 0 Å². The highest BCUT2D eigenvalue weighted by Crippen LogP contribution is 2.47. The lowest BCUT2D eigenvalue weighted by atomic mass is 10.1. The van der Waals surface area contributed by atoms with Crippen molar-refractivity contribution < 1.29 is 9.15 Å². The Morgan fingerprint density at radius 2 is 2.33 bits per heavy atom. The number of ether oxygens (including phenoxy) is 1. The summed E-state index contributed by atoms with van der Waals surface area (Å²) in [6.45, 7) is 2.84. The topological polar surface area (TPSA) is 34.4 Å². The van der Waals surface area contributed by atoms with Crippen LogP contribution in [0, 0.1) is 11.8 Å². The Labute approximate surface area is 90.8 Å². The van der Waals surface area contributed by atoms with E-state index in [1.165, 1.54) is 6.42 Å². The average molecular weight is 209 g/mol. The number of hydrogen-bond acceptors (Lipinski definition) is 3. The molecule has 1 saturated carbocycles. The molecule has 1 aromatic heterocycles. The molecule has 3 heteroatoms. The van der Waals surface area contributed by atoms with Crippen molar-refractivity contribution in [1.82, 2.24) is 5.32 Å². The Kier molecular flexibility index (Phi) is 3.12. The van der Waals surface area contributed by atoms with Gasteiger partial charge >= 0.3 is 0 Å². The van der Waals surface area contributed by atoms with Crippen LogP contribution in [0.4, 0.5) is 0 Å². The zero-order chi connectivity index (χ0) is 10.8. The summed E-state index contributed by atoms with van der Waals surface area (Å²) in [7, 11) is 3.68. The first-order valence-electron chi connectivity index (χ1n) is 5.51. The van der Waals surface area contributed by atoms with Crippen LogP contribution in [0.15, 0.2) is 16.5 Å². The average Bonchev–Trinajstić information content (AvgIpc) is 2.76. The van der Waals surface area contributed by atoms with E-state index in [0.717, 1.165) is 23.4 Å². The molecule has 1 aromatic rings. The van der Waals surface area contributed by atoms with Crippen molar-refractivity contribution >= 4 is 0 Å². The van der Waals surface area contributed by atoms with E-state index in [1.54, 1.807) is 7.11 Å². The molecular formula is C12H19NO2. The van der Waals surface area contributed by atoms with Crippen LogP contribution in [-0.2, 0) is 11.3 Å². The minimum Gasteiger partial charge on any atom is -0.462 e. The normalized spacial score (nSPS) is 26.6. The molecule has 1 fully saturated rings.